The van der Waals surface area contributed by atoms with Crippen LogP contribution in [0.1, 0.15) is 51.7 Å². The lowest BCUT2D eigenvalue weighted by Gasteiger charge is -2.32. The Morgan fingerprint density at radius 1 is 1.28 bits per heavy atom. The molecule has 0 spiro atoms. The van der Waals surface area contributed by atoms with Gasteiger partial charge in [0.05, 0.1) is 6.26 Å². The zero-order valence-electron chi connectivity index (χ0n) is 15.8. The van der Waals surface area contributed by atoms with Crippen LogP contribution in [0, 0.1) is 0 Å². The number of piperidine rings is 1. The van der Waals surface area contributed by atoms with Gasteiger partial charge in [-0.15, -0.1) is 24.0 Å². The molecule has 2 N–H and O–H groups in total. The summed E-state index contributed by atoms with van der Waals surface area (Å²) >= 11 is 0. The fraction of sp³-hybridized carbons (Fsp3) is 0.737. The van der Waals surface area contributed by atoms with Crippen LogP contribution in [0.2, 0.25) is 0 Å². The van der Waals surface area contributed by atoms with Crippen molar-refractivity contribution < 1.29 is 4.42 Å². The van der Waals surface area contributed by atoms with E-state index in [9.17, 15) is 0 Å². The zero-order valence-corrected chi connectivity index (χ0v) is 18.1. The van der Waals surface area contributed by atoms with Gasteiger partial charge < -0.3 is 20.0 Å². The second-order valence-corrected chi connectivity index (χ2v) is 6.60. The molecule has 0 atom stereocenters. The highest BCUT2D eigenvalue weighted by Gasteiger charge is 2.19. The summed E-state index contributed by atoms with van der Waals surface area (Å²) < 4.78 is 5.39. The summed E-state index contributed by atoms with van der Waals surface area (Å²) in [4.78, 5) is 7.30. The molecule has 1 aliphatic rings. The van der Waals surface area contributed by atoms with Gasteiger partial charge in [-0.05, 0) is 44.4 Å². The van der Waals surface area contributed by atoms with Crippen LogP contribution in [0.5, 0.6) is 0 Å². The Labute approximate surface area is 170 Å². The van der Waals surface area contributed by atoms with Crippen molar-refractivity contribution in [3.05, 3.63) is 24.2 Å². The lowest BCUT2D eigenvalue weighted by atomic mass is 10.1. The van der Waals surface area contributed by atoms with Gasteiger partial charge in [-0.3, -0.25) is 4.99 Å². The molecule has 0 radical (unpaired) electrons. The summed E-state index contributed by atoms with van der Waals surface area (Å²) in [5.41, 5.74) is 0. The number of likely N-dealkylation sites (tertiary alicyclic amines) is 1. The molecule has 5 nitrogen and oxygen atoms in total. The molecule has 0 aromatic carbocycles. The van der Waals surface area contributed by atoms with Crippen molar-refractivity contribution in [3.8, 4) is 0 Å². The lowest BCUT2D eigenvalue weighted by molar-refractivity contribution is 0.206. The Bertz CT molecular complexity index is 456. The average molecular weight is 462 g/mol. The third-order valence-corrected chi connectivity index (χ3v) is 4.49. The van der Waals surface area contributed by atoms with Crippen molar-refractivity contribution in [3.63, 3.8) is 0 Å². The molecule has 1 fully saturated rings. The highest BCUT2D eigenvalue weighted by atomic mass is 127. The Balaban J connectivity index is 0.00000312. The van der Waals surface area contributed by atoms with Gasteiger partial charge in [0.1, 0.15) is 5.76 Å². The van der Waals surface area contributed by atoms with Gasteiger partial charge >= 0.3 is 0 Å². The first kappa shape index (κ1) is 22.3. The Morgan fingerprint density at radius 2 is 2.08 bits per heavy atom. The summed E-state index contributed by atoms with van der Waals surface area (Å²) in [6.07, 6.45) is 8.58. The number of nitrogens with one attached hydrogen (secondary N) is 2. The zero-order chi connectivity index (χ0) is 17.0. The predicted molar refractivity (Wildman–Crippen MR) is 116 cm³/mol. The minimum Gasteiger partial charge on any atom is -0.469 e. The molecule has 1 saturated heterocycles. The van der Waals surface area contributed by atoms with Crippen molar-refractivity contribution in [2.45, 2.75) is 58.4 Å². The van der Waals surface area contributed by atoms with Crippen molar-refractivity contribution in [1.29, 1.82) is 0 Å². The quantitative estimate of drug-likeness (QED) is 0.255. The molecule has 0 aliphatic carbocycles. The SMILES string of the molecule is CCCCN=C(NCCc1ccco1)NC1CCN(CCC)CC1.I. The van der Waals surface area contributed by atoms with Gasteiger partial charge in [0.25, 0.3) is 0 Å². The Kier molecular flexibility index (Phi) is 12.0. The van der Waals surface area contributed by atoms with E-state index in [2.05, 4.69) is 29.4 Å². The van der Waals surface area contributed by atoms with E-state index in [0.29, 0.717) is 6.04 Å². The van der Waals surface area contributed by atoms with E-state index < -0.39 is 0 Å². The highest BCUT2D eigenvalue weighted by molar-refractivity contribution is 14.0. The number of halogens is 1. The van der Waals surface area contributed by atoms with Gasteiger partial charge in [0.2, 0.25) is 0 Å². The second-order valence-electron chi connectivity index (χ2n) is 6.60. The largest absolute Gasteiger partial charge is 0.469 e. The number of hydrogen-bond donors (Lipinski definition) is 2. The first-order chi connectivity index (χ1) is 11.8. The van der Waals surface area contributed by atoms with E-state index >= 15 is 0 Å². The highest BCUT2D eigenvalue weighted by Crippen LogP contribution is 2.10. The summed E-state index contributed by atoms with van der Waals surface area (Å²) in [6, 6.07) is 4.50. The van der Waals surface area contributed by atoms with Crippen LogP contribution < -0.4 is 10.6 Å². The molecular formula is C19H35IN4O. The lowest BCUT2D eigenvalue weighted by Crippen LogP contribution is -2.49. The summed E-state index contributed by atoms with van der Waals surface area (Å²) in [5.74, 6) is 1.98. The van der Waals surface area contributed by atoms with Crippen molar-refractivity contribution in [2.75, 3.05) is 32.7 Å². The van der Waals surface area contributed by atoms with Crippen molar-refractivity contribution in [1.82, 2.24) is 15.5 Å². The van der Waals surface area contributed by atoms with Crippen LogP contribution in [0.15, 0.2) is 27.8 Å². The molecule has 144 valence electrons. The fourth-order valence-electron chi connectivity index (χ4n) is 3.07. The van der Waals surface area contributed by atoms with Gasteiger partial charge in [-0.2, -0.15) is 0 Å². The third kappa shape index (κ3) is 8.94. The molecule has 1 aromatic rings. The predicted octanol–water partition coefficient (Wildman–Crippen LogP) is 3.65. The third-order valence-electron chi connectivity index (χ3n) is 4.49. The normalized spacial score (nSPS) is 16.5. The number of guanidine groups is 1. The van der Waals surface area contributed by atoms with Gasteiger partial charge in [-0.1, -0.05) is 20.3 Å². The van der Waals surface area contributed by atoms with Crippen LogP contribution in [-0.2, 0) is 6.42 Å². The molecule has 2 heterocycles. The maximum absolute atomic E-state index is 5.39. The van der Waals surface area contributed by atoms with Crippen LogP contribution in [-0.4, -0.2) is 49.6 Å². The Hall–Kier alpha value is -0.760. The van der Waals surface area contributed by atoms with E-state index in [1.165, 1.54) is 45.3 Å². The van der Waals surface area contributed by atoms with Gasteiger partial charge in [0.15, 0.2) is 5.96 Å². The molecule has 2 rings (SSSR count). The molecule has 1 aliphatic heterocycles. The van der Waals surface area contributed by atoms with Crippen molar-refractivity contribution in [2.24, 2.45) is 4.99 Å². The summed E-state index contributed by atoms with van der Waals surface area (Å²) in [5, 5.41) is 7.11. The van der Waals surface area contributed by atoms with Crippen LogP contribution in [0.3, 0.4) is 0 Å². The molecule has 0 amide bonds. The molecule has 25 heavy (non-hydrogen) atoms. The first-order valence-corrected chi connectivity index (χ1v) is 9.61. The minimum atomic E-state index is 0. The van der Waals surface area contributed by atoms with Crippen molar-refractivity contribution >= 4 is 29.9 Å². The summed E-state index contributed by atoms with van der Waals surface area (Å²) in [6.45, 7) is 9.81. The molecule has 0 bridgehead atoms. The number of aliphatic imine (C=N–C) groups is 1. The summed E-state index contributed by atoms with van der Waals surface area (Å²) in [7, 11) is 0. The van der Waals surface area contributed by atoms with E-state index in [4.69, 9.17) is 9.41 Å². The Morgan fingerprint density at radius 3 is 2.72 bits per heavy atom. The first-order valence-electron chi connectivity index (χ1n) is 9.61. The van der Waals surface area contributed by atoms with E-state index in [1.807, 2.05) is 12.1 Å². The fourth-order valence-corrected chi connectivity index (χ4v) is 3.07. The molecular weight excluding hydrogens is 427 g/mol. The number of nitrogens with zero attached hydrogens (tertiary/aromatic N) is 2. The maximum atomic E-state index is 5.39. The average Bonchev–Trinajstić information content (AvgIpc) is 3.10. The second kappa shape index (κ2) is 13.4. The molecule has 6 heteroatoms. The van der Waals surface area contributed by atoms with E-state index in [1.54, 1.807) is 6.26 Å². The van der Waals surface area contributed by atoms with Gasteiger partial charge in [-0.25, -0.2) is 0 Å². The van der Waals surface area contributed by atoms with Crippen LogP contribution in [0.25, 0.3) is 0 Å². The number of hydrogen-bond acceptors (Lipinski definition) is 3. The standard InChI is InChI=1S/C19H34N4O.HI/c1-3-5-11-20-19(21-12-8-18-7-6-16-24-18)22-17-9-14-23(13-4-2)15-10-17;/h6-7,16-17H,3-5,8-15H2,1-2H3,(H2,20,21,22);1H. The monoisotopic (exact) mass is 462 g/mol. The van der Waals surface area contributed by atoms with E-state index in [0.717, 1.165) is 37.7 Å². The molecule has 0 unspecified atom stereocenters. The number of furan rings is 1. The van der Waals surface area contributed by atoms with Gasteiger partial charge in [0, 0.05) is 38.6 Å². The van der Waals surface area contributed by atoms with E-state index in [-0.39, 0.29) is 24.0 Å². The number of unbranched alkanes of at least 4 members (excludes halogenated alkanes) is 1. The van der Waals surface area contributed by atoms with Crippen LogP contribution in [0.4, 0.5) is 0 Å². The number of rotatable bonds is 9. The molecule has 1 aromatic heterocycles. The maximum Gasteiger partial charge on any atom is 0.191 e. The topological polar surface area (TPSA) is 52.8 Å². The molecule has 0 saturated carbocycles. The van der Waals surface area contributed by atoms with Crippen LogP contribution >= 0.6 is 24.0 Å². The minimum absolute atomic E-state index is 0. The smallest absolute Gasteiger partial charge is 0.191 e.